The van der Waals surface area contributed by atoms with E-state index in [1.807, 2.05) is 0 Å². The Labute approximate surface area is 127 Å². The largest absolute Gasteiger partial charge is 0.495 e. The van der Waals surface area contributed by atoms with Crippen molar-refractivity contribution in [3.8, 4) is 5.75 Å². The van der Waals surface area contributed by atoms with E-state index < -0.39 is 15.8 Å². The van der Waals surface area contributed by atoms with Crippen molar-refractivity contribution in [2.45, 2.75) is 11.4 Å². The third-order valence-electron chi connectivity index (χ3n) is 3.58. The summed E-state index contributed by atoms with van der Waals surface area (Å²) in [4.78, 5) is 3.70. The van der Waals surface area contributed by atoms with E-state index in [0.717, 1.165) is 6.07 Å². The highest BCUT2D eigenvalue weighted by molar-refractivity contribution is 7.89. The summed E-state index contributed by atoms with van der Waals surface area (Å²) in [6, 6.07) is 3.47. The molecule has 2 aromatic rings. The lowest BCUT2D eigenvalue weighted by Gasteiger charge is -2.38. The Morgan fingerprint density at radius 3 is 2.82 bits per heavy atom. The highest BCUT2D eigenvalue weighted by Crippen LogP contribution is 2.31. The van der Waals surface area contributed by atoms with Crippen LogP contribution in [-0.2, 0) is 16.6 Å². The summed E-state index contributed by atoms with van der Waals surface area (Å²) in [5.74, 6) is -0.309. The van der Waals surface area contributed by atoms with Crippen molar-refractivity contribution in [2.24, 2.45) is 5.92 Å². The third kappa shape index (κ3) is 2.69. The fraction of sp³-hybridized carbons (Fsp3) is 0.385. The zero-order chi connectivity index (χ0) is 15.7. The van der Waals surface area contributed by atoms with Gasteiger partial charge in [-0.1, -0.05) is 0 Å². The molecule has 1 saturated heterocycles. The van der Waals surface area contributed by atoms with Crippen LogP contribution >= 0.6 is 0 Å². The van der Waals surface area contributed by atoms with Crippen LogP contribution in [0.3, 0.4) is 0 Å². The van der Waals surface area contributed by atoms with Crippen molar-refractivity contribution >= 4 is 10.0 Å². The average molecular weight is 326 g/mol. The van der Waals surface area contributed by atoms with E-state index in [1.54, 1.807) is 11.0 Å². The number of methoxy groups -OCH3 is 1. The second-order valence-electron chi connectivity index (χ2n) is 5.10. The first kappa shape index (κ1) is 14.9. The van der Waals surface area contributed by atoms with Crippen LogP contribution in [0.4, 0.5) is 4.39 Å². The molecule has 1 aliphatic heterocycles. The summed E-state index contributed by atoms with van der Waals surface area (Å²) in [5, 5.41) is 3.99. The molecule has 9 heteroatoms. The SMILES string of the molecule is COc1ccc(F)cc1S(=O)(=O)N1CC(Cn2cncn2)C1. The molecular formula is C13H15FN4O3S. The molecule has 1 aromatic heterocycles. The molecule has 0 amide bonds. The fourth-order valence-electron chi connectivity index (χ4n) is 2.42. The first-order chi connectivity index (χ1) is 10.5. The van der Waals surface area contributed by atoms with Crippen LogP contribution in [0.25, 0.3) is 0 Å². The summed E-state index contributed by atoms with van der Waals surface area (Å²) >= 11 is 0. The average Bonchev–Trinajstić information content (AvgIpc) is 2.95. The van der Waals surface area contributed by atoms with Crippen LogP contribution in [0.15, 0.2) is 35.7 Å². The third-order valence-corrected chi connectivity index (χ3v) is 5.43. The maximum absolute atomic E-state index is 13.4. The summed E-state index contributed by atoms with van der Waals surface area (Å²) in [7, 11) is -2.40. The van der Waals surface area contributed by atoms with Crippen LogP contribution < -0.4 is 4.74 Å². The van der Waals surface area contributed by atoms with Gasteiger partial charge in [-0.3, -0.25) is 4.68 Å². The molecule has 7 nitrogen and oxygen atoms in total. The van der Waals surface area contributed by atoms with Crippen LogP contribution in [0, 0.1) is 11.7 Å². The zero-order valence-corrected chi connectivity index (χ0v) is 12.7. The first-order valence-electron chi connectivity index (χ1n) is 6.67. The number of rotatable bonds is 5. The molecule has 0 saturated carbocycles. The van der Waals surface area contributed by atoms with Gasteiger partial charge in [-0.05, 0) is 18.2 Å². The number of sulfonamides is 1. The number of benzene rings is 1. The van der Waals surface area contributed by atoms with Crippen molar-refractivity contribution in [1.29, 1.82) is 0 Å². The van der Waals surface area contributed by atoms with Crippen molar-refractivity contribution in [3.05, 3.63) is 36.7 Å². The Hall–Kier alpha value is -2.00. The minimum atomic E-state index is -3.76. The molecule has 2 heterocycles. The minimum Gasteiger partial charge on any atom is -0.495 e. The second-order valence-corrected chi connectivity index (χ2v) is 7.01. The summed E-state index contributed by atoms with van der Waals surface area (Å²) in [6.07, 6.45) is 3.03. The van der Waals surface area contributed by atoms with E-state index in [4.69, 9.17) is 4.74 Å². The van der Waals surface area contributed by atoms with Crippen LogP contribution in [0.5, 0.6) is 5.75 Å². The van der Waals surface area contributed by atoms with Crippen LogP contribution in [-0.4, -0.2) is 47.7 Å². The number of aromatic nitrogens is 3. The molecule has 0 N–H and O–H groups in total. The summed E-state index contributed by atoms with van der Waals surface area (Å²) in [5.41, 5.74) is 0. The van der Waals surface area contributed by atoms with Crippen molar-refractivity contribution in [3.63, 3.8) is 0 Å². The van der Waals surface area contributed by atoms with E-state index in [2.05, 4.69) is 10.1 Å². The Balaban J connectivity index is 1.74. The highest BCUT2D eigenvalue weighted by atomic mass is 32.2. The molecule has 1 aliphatic rings. The van der Waals surface area contributed by atoms with E-state index in [9.17, 15) is 12.8 Å². The predicted molar refractivity (Wildman–Crippen MR) is 75.2 cm³/mol. The first-order valence-corrected chi connectivity index (χ1v) is 8.11. The summed E-state index contributed by atoms with van der Waals surface area (Å²) in [6.45, 7) is 1.33. The van der Waals surface area contributed by atoms with Crippen molar-refractivity contribution < 1.29 is 17.5 Å². The van der Waals surface area contributed by atoms with Gasteiger partial charge < -0.3 is 4.74 Å². The molecule has 0 atom stereocenters. The van der Waals surface area contributed by atoms with Gasteiger partial charge in [-0.15, -0.1) is 0 Å². The lowest BCUT2D eigenvalue weighted by Crippen LogP contribution is -2.51. The zero-order valence-electron chi connectivity index (χ0n) is 11.9. The molecular weight excluding hydrogens is 311 g/mol. The molecule has 0 unspecified atom stereocenters. The normalized spacial score (nSPS) is 16.5. The van der Waals surface area contributed by atoms with Gasteiger partial charge >= 0.3 is 0 Å². The molecule has 1 fully saturated rings. The molecule has 0 bridgehead atoms. The lowest BCUT2D eigenvalue weighted by molar-refractivity contribution is 0.174. The van der Waals surface area contributed by atoms with E-state index >= 15 is 0 Å². The Kier molecular flexibility index (Phi) is 3.83. The lowest BCUT2D eigenvalue weighted by atomic mass is 10.0. The number of hydrogen-bond donors (Lipinski definition) is 0. The molecule has 118 valence electrons. The molecule has 0 aliphatic carbocycles. The van der Waals surface area contributed by atoms with Gasteiger partial charge in [0.1, 0.15) is 29.1 Å². The topological polar surface area (TPSA) is 77.3 Å². The van der Waals surface area contributed by atoms with Gasteiger partial charge in [0.15, 0.2) is 0 Å². The molecule has 3 rings (SSSR count). The van der Waals surface area contributed by atoms with Crippen molar-refractivity contribution in [2.75, 3.05) is 20.2 Å². The van der Waals surface area contributed by atoms with E-state index in [-0.39, 0.29) is 16.6 Å². The standard InChI is InChI=1S/C13H15FN4O3S/c1-21-12-3-2-11(14)4-13(12)22(19,20)18-6-10(7-18)5-17-9-15-8-16-17/h2-4,8-10H,5-7H2,1H3. The highest BCUT2D eigenvalue weighted by Gasteiger charge is 2.38. The van der Waals surface area contributed by atoms with E-state index in [1.165, 1.54) is 29.9 Å². The van der Waals surface area contributed by atoms with Gasteiger partial charge in [0.05, 0.1) is 7.11 Å². The number of ether oxygens (including phenoxy) is 1. The van der Waals surface area contributed by atoms with E-state index in [0.29, 0.717) is 19.6 Å². The predicted octanol–water partition coefficient (Wildman–Crippen LogP) is 0.747. The monoisotopic (exact) mass is 326 g/mol. The minimum absolute atomic E-state index is 0.140. The number of halogens is 1. The van der Waals surface area contributed by atoms with Gasteiger partial charge in [0.25, 0.3) is 0 Å². The quantitative estimate of drug-likeness (QED) is 0.810. The van der Waals surface area contributed by atoms with Crippen molar-refractivity contribution in [1.82, 2.24) is 19.1 Å². The molecule has 0 radical (unpaired) electrons. The van der Waals surface area contributed by atoms with Gasteiger partial charge in [-0.2, -0.15) is 9.40 Å². The number of hydrogen-bond acceptors (Lipinski definition) is 5. The van der Waals surface area contributed by atoms with Gasteiger partial charge in [0.2, 0.25) is 10.0 Å². The smallest absolute Gasteiger partial charge is 0.246 e. The molecule has 0 spiro atoms. The Bertz CT molecular complexity index is 758. The fourth-order valence-corrected chi connectivity index (χ4v) is 4.18. The second kappa shape index (κ2) is 5.65. The number of nitrogens with zero attached hydrogens (tertiary/aromatic N) is 4. The van der Waals surface area contributed by atoms with Crippen LogP contribution in [0.2, 0.25) is 0 Å². The Morgan fingerprint density at radius 2 is 2.18 bits per heavy atom. The summed E-state index contributed by atoms with van der Waals surface area (Å²) < 4.78 is 46.4. The Morgan fingerprint density at radius 1 is 1.41 bits per heavy atom. The van der Waals surface area contributed by atoms with Crippen LogP contribution in [0.1, 0.15) is 0 Å². The maximum Gasteiger partial charge on any atom is 0.246 e. The molecule has 22 heavy (non-hydrogen) atoms. The van der Waals surface area contributed by atoms with Gasteiger partial charge in [0, 0.05) is 25.6 Å². The maximum atomic E-state index is 13.4. The van der Waals surface area contributed by atoms with Gasteiger partial charge in [-0.25, -0.2) is 17.8 Å². The molecule has 1 aromatic carbocycles.